The molecule has 112 valence electrons. The van der Waals surface area contributed by atoms with Crippen LogP contribution in [0.3, 0.4) is 0 Å². The van der Waals surface area contributed by atoms with Gasteiger partial charge in [-0.05, 0) is 32.0 Å². The van der Waals surface area contributed by atoms with E-state index in [1.807, 2.05) is 19.4 Å². The van der Waals surface area contributed by atoms with E-state index in [1.165, 1.54) is 17.0 Å². The maximum atomic E-state index is 11.0. The Morgan fingerprint density at radius 1 is 1.33 bits per heavy atom. The molecule has 0 aliphatic rings. The van der Waals surface area contributed by atoms with Crippen molar-refractivity contribution in [1.82, 2.24) is 4.98 Å². The van der Waals surface area contributed by atoms with Gasteiger partial charge in [-0.1, -0.05) is 0 Å². The first kappa shape index (κ1) is 15.3. The standard InChI is InChI=1S/C15H17NO4S/c1-3-19-13-8-11(15(17)18)4-5-12(13)20-7-6-14-10(2)16-9-21-14/h4-5,8-9H,3,6-7H2,1-2H3,(H,17,18). The molecule has 0 saturated carbocycles. The van der Waals surface area contributed by atoms with Crippen LogP contribution < -0.4 is 9.47 Å². The van der Waals surface area contributed by atoms with Gasteiger partial charge in [0.1, 0.15) is 0 Å². The lowest BCUT2D eigenvalue weighted by Gasteiger charge is -2.12. The van der Waals surface area contributed by atoms with Crippen molar-refractivity contribution in [2.75, 3.05) is 13.2 Å². The van der Waals surface area contributed by atoms with Crippen LogP contribution in [-0.2, 0) is 6.42 Å². The lowest BCUT2D eigenvalue weighted by Crippen LogP contribution is -2.05. The molecule has 5 nitrogen and oxygen atoms in total. The number of hydrogen-bond donors (Lipinski definition) is 1. The van der Waals surface area contributed by atoms with Crippen molar-refractivity contribution in [3.63, 3.8) is 0 Å². The Morgan fingerprint density at radius 3 is 2.76 bits per heavy atom. The summed E-state index contributed by atoms with van der Waals surface area (Å²) in [6, 6.07) is 4.63. The van der Waals surface area contributed by atoms with Crippen molar-refractivity contribution in [2.45, 2.75) is 20.3 Å². The fraction of sp³-hybridized carbons (Fsp3) is 0.333. The van der Waals surface area contributed by atoms with Gasteiger partial charge in [-0.2, -0.15) is 0 Å². The van der Waals surface area contributed by atoms with Crippen LogP contribution in [0.4, 0.5) is 0 Å². The van der Waals surface area contributed by atoms with Crippen LogP contribution in [-0.4, -0.2) is 29.3 Å². The van der Waals surface area contributed by atoms with Gasteiger partial charge in [0.2, 0.25) is 0 Å². The van der Waals surface area contributed by atoms with Crippen molar-refractivity contribution in [1.29, 1.82) is 0 Å². The first-order valence-corrected chi connectivity index (χ1v) is 7.51. The summed E-state index contributed by atoms with van der Waals surface area (Å²) in [6.45, 7) is 4.76. The molecular formula is C15H17NO4S. The molecule has 2 aromatic rings. The van der Waals surface area contributed by atoms with E-state index < -0.39 is 5.97 Å². The summed E-state index contributed by atoms with van der Waals surface area (Å²) in [4.78, 5) is 16.4. The van der Waals surface area contributed by atoms with Crippen LogP contribution in [0.2, 0.25) is 0 Å². The van der Waals surface area contributed by atoms with Crippen LogP contribution >= 0.6 is 11.3 Å². The zero-order valence-corrected chi connectivity index (χ0v) is 12.8. The number of carbonyl (C=O) groups is 1. The van der Waals surface area contributed by atoms with Crippen LogP contribution in [0.5, 0.6) is 11.5 Å². The SMILES string of the molecule is CCOc1cc(C(=O)O)ccc1OCCc1scnc1C. The van der Waals surface area contributed by atoms with E-state index in [1.54, 1.807) is 17.4 Å². The van der Waals surface area contributed by atoms with Crippen molar-refractivity contribution in [2.24, 2.45) is 0 Å². The Bertz CT molecular complexity index is 624. The average Bonchev–Trinajstić information content (AvgIpc) is 2.86. The van der Waals surface area contributed by atoms with Gasteiger partial charge in [0.25, 0.3) is 0 Å². The lowest BCUT2D eigenvalue weighted by atomic mass is 10.2. The number of carboxylic acid groups (broad SMARTS) is 1. The van der Waals surface area contributed by atoms with Gasteiger partial charge >= 0.3 is 5.97 Å². The highest BCUT2D eigenvalue weighted by atomic mass is 32.1. The number of nitrogens with zero attached hydrogens (tertiary/aromatic N) is 1. The molecule has 0 amide bonds. The molecule has 0 radical (unpaired) electrons. The van der Waals surface area contributed by atoms with Gasteiger partial charge in [-0.15, -0.1) is 11.3 Å². The second-order valence-corrected chi connectivity index (χ2v) is 5.30. The number of aryl methyl sites for hydroxylation is 1. The van der Waals surface area contributed by atoms with Crippen LogP contribution in [0, 0.1) is 6.92 Å². The molecular weight excluding hydrogens is 290 g/mol. The van der Waals surface area contributed by atoms with E-state index in [2.05, 4.69) is 4.98 Å². The molecule has 1 N–H and O–H groups in total. The number of thiazole rings is 1. The summed E-state index contributed by atoms with van der Waals surface area (Å²) in [6.07, 6.45) is 0.767. The fourth-order valence-corrected chi connectivity index (χ4v) is 2.61. The van der Waals surface area contributed by atoms with E-state index in [9.17, 15) is 4.79 Å². The van der Waals surface area contributed by atoms with E-state index >= 15 is 0 Å². The highest BCUT2D eigenvalue weighted by molar-refractivity contribution is 7.09. The molecule has 0 aliphatic carbocycles. The topological polar surface area (TPSA) is 68.7 Å². The Balaban J connectivity index is 2.04. The fourth-order valence-electron chi connectivity index (χ4n) is 1.85. The molecule has 0 aliphatic heterocycles. The van der Waals surface area contributed by atoms with Crippen LogP contribution in [0.1, 0.15) is 27.9 Å². The molecule has 1 aromatic carbocycles. The van der Waals surface area contributed by atoms with Crippen molar-refractivity contribution < 1.29 is 19.4 Å². The van der Waals surface area contributed by atoms with Crippen LogP contribution in [0.15, 0.2) is 23.7 Å². The monoisotopic (exact) mass is 307 g/mol. The molecule has 21 heavy (non-hydrogen) atoms. The third kappa shape index (κ3) is 3.95. The van der Waals surface area contributed by atoms with Gasteiger partial charge in [0.15, 0.2) is 11.5 Å². The van der Waals surface area contributed by atoms with Gasteiger partial charge in [0.05, 0.1) is 30.0 Å². The normalized spacial score (nSPS) is 10.4. The molecule has 1 heterocycles. The predicted octanol–water partition coefficient (Wildman–Crippen LogP) is 3.17. The Labute approximate surface area is 127 Å². The number of rotatable bonds is 7. The lowest BCUT2D eigenvalue weighted by molar-refractivity contribution is 0.0696. The highest BCUT2D eigenvalue weighted by Gasteiger charge is 2.11. The first-order valence-electron chi connectivity index (χ1n) is 6.63. The average molecular weight is 307 g/mol. The summed E-state index contributed by atoms with van der Waals surface area (Å²) in [7, 11) is 0. The van der Waals surface area contributed by atoms with Gasteiger partial charge in [0, 0.05) is 11.3 Å². The minimum atomic E-state index is -0.984. The largest absolute Gasteiger partial charge is 0.490 e. The molecule has 0 unspecified atom stereocenters. The van der Waals surface area contributed by atoms with E-state index in [4.69, 9.17) is 14.6 Å². The number of aromatic carboxylic acids is 1. The molecule has 1 aromatic heterocycles. The Kier molecular flexibility index (Phi) is 5.16. The zero-order chi connectivity index (χ0) is 15.2. The highest BCUT2D eigenvalue weighted by Crippen LogP contribution is 2.29. The van der Waals surface area contributed by atoms with E-state index in [-0.39, 0.29) is 5.56 Å². The summed E-state index contributed by atoms with van der Waals surface area (Å²) in [5, 5.41) is 9.00. The summed E-state index contributed by atoms with van der Waals surface area (Å²) in [5.74, 6) is 0.0326. The minimum Gasteiger partial charge on any atom is -0.490 e. The smallest absolute Gasteiger partial charge is 0.335 e. The Morgan fingerprint density at radius 2 is 2.14 bits per heavy atom. The molecule has 0 bridgehead atoms. The molecule has 2 rings (SSSR count). The molecule has 6 heteroatoms. The van der Waals surface area contributed by atoms with Crippen molar-refractivity contribution in [3.05, 3.63) is 39.8 Å². The number of carboxylic acids is 1. The molecule has 0 saturated heterocycles. The maximum Gasteiger partial charge on any atom is 0.335 e. The number of benzene rings is 1. The third-order valence-electron chi connectivity index (χ3n) is 2.92. The maximum absolute atomic E-state index is 11.0. The molecule has 0 atom stereocenters. The second-order valence-electron chi connectivity index (χ2n) is 4.36. The number of ether oxygens (including phenoxy) is 2. The quantitative estimate of drug-likeness (QED) is 0.851. The van der Waals surface area contributed by atoms with Gasteiger partial charge < -0.3 is 14.6 Å². The van der Waals surface area contributed by atoms with E-state index in [0.29, 0.717) is 24.7 Å². The predicted molar refractivity (Wildman–Crippen MR) is 80.6 cm³/mol. The summed E-state index contributed by atoms with van der Waals surface area (Å²) in [5.41, 5.74) is 3.02. The zero-order valence-electron chi connectivity index (χ0n) is 12.0. The van der Waals surface area contributed by atoms with Gasteiger partial charge in [-0.3, -0.25) is 0 Å². The Hall–Kier alpha value is -2.08. The van der Waals surface area contributed by atoms with Crippen molar-refractivity contribution in [3.8, 4) is 11.5 Å². The van der Waals surface area contributed by atoms with E-state index in [0.717, 1.165) is 12.1 Å². The molecule has 0 spiro atoms. The van der Waals surface area contributed by atoms with Crippen LogP contribution in [0.25, 0.3) is 0 Å². The molecule has 0 fully saturated rings. The van der Waals surface area contributed by atoms with Gasteiger partial charge in [-0.25, -0.2) is 9.78 Å². The first-order chi connectivity index (χ1) is 10.1. The number of hydrogen-bond acceptors (Lipinski definition) is 5. The summed E-state index contributed by atoms with van der Waals surface area (Å²) >= 11 is 1.61. The third-order valence-corrected chi connectivity index (χ3v) is 3.92. The number of aromatic nitrogens is 1. The second kappa shape index (κ2) is 7.08. The minimum absolute atomic E-state index is 0.184. The summed E-state index contributed by atoms with van der Waals surface area (Å²) < 4.78 is 11.2. The van der Waals surface area contributed by atoms with Crippen molar-refractivity contribution >= 4 is 17.3 Å².